The fourth-order valence-electron chi connectivity index (χ4n) is 1.39. The van der Waals surface area contributed by atoms with E-state index in [-0.39, 0.29) is 5.36 Å². The fourth-order valence-corrected chi connectivity index (χ4v) is 1.39. The van der Waals surface area contributed by atoms with Crippen molar-refractivity contribution in [2.24, 2.45) is 9.98 Å². The summed E-state index contributed by atoms with van der Waals surface area (Å²) >= 11 is 0. The van der Waals surface area contributed by atoms with Gasteiger partial charge in [-0.2, -0.15) is 4.99 Å². The number of fused-ring (bicyclic) bond motifs is 1. The lowest BCUT2D eigenvalue weighted by molar-refractivity contribution is -0.423. The third-order valence-electron chi connectivity index (χ3n) is 2.11. The van der Waals surface area contributed by atoms with Gasteiger partial charge >= 0.3 is 23.2 Å². The number of nitro groups is 2. The molecule has 0 atom stereocenters. The summed E-state index contributed by atoms with van der Waals surface area (Å²) < 4.78 is 0. The maximum atomic E-state index is 11.0. The maximum absolute atomic E-state index is 11.0. The first-order valence-electron chi connectivity index (χ1n) is 4.39. The molecule has 0 bridgehead atoms. The molecule has 0 radical (unpaired) electrons. The van der Waals surface area contributed by atoms with Crippen LogP contribution in [0, 0.1) is 20.2 Å². The molecule has 1 aliphatic heterocycles. The topological polar surface area (TPSA) is 145 Å². The van der Waals surface area contributed by atoms with E-state index in [4.69, 9.17) is 0 Å². The van der Waals surface area contributed by atoms with Gasteiger partial charge in [-0.25, -0.2) is 4.99 Å². The van der Waals surface area contributed by atoms with Gasteiger partial charge in [0.15, 0.2) is 5.36 Å². The van der Waals surface area contributed by atoms with Crippen LogP contribution >= 0.6 is 0 Å². The van der Waals surface area contributed by atoms with E-state index in [2.05, 4.69) is 9.98 Å². The second kappa shape index (κ2) is 3.76. The Labute approximate surface area is 96.6 Å². The van der Waals surface area contributed by atoms with Gasteiger partial charge in [-0.3, -0.25) is 29.8 Å². The third-order valence-corrected chi connectivity index (χ3v) is 2.11. The van der Waals surface area contributed by atoms with Crippen molar-refractivity contribution in [2.45, 2.75) is 0 Å². The highest BCUT2D eigenvalue weighted by atomic mass is 16.6. The molecule has 1 heterocycles. The summed E-state index contributed by atoms with van der Waals surface area (Å²) in [6.07, 6.45) is 0. The van der Waals surface area contributed by atoms with Crippen LogP contribution in [0.1, 0.15) is 0 Å². The summed E-state index contributed by atoms with van der Waals surface area (Å²) in [7, 11) is 0. The highest BCUT2D eigenvalue weighted by Crippen LogP contribution is 2.20. The zero-order valence-electron chi connectivity index (χ0n) is 8.39. The van der Waals surface area contributed by atoms with Crippen LogP contribution in [0.5, 0.6) is 0 Å². The van der Waals surface area contributed by atoms with Crippen molar-refractivity contribution < 1.29 is 19.4 Å². The van der Waals surface area contributed by atoms with Crippen molar-refractivity contribution in [3.8, 4) is 0 Å². The average molecular weight is 250 g/mol. The third kappa shape index (κ3) is 1.61. The molecule has 0 saturated heterocycles. The fraction of sp³-hybridized carbons (Fsp3) is 0. The van der Waals surface area contributed by atoms with Gasteiger partial charge in [0.25, 0.3) is 0 Å². The van der Waals surface area contributed by atoms with E-state index in [1.165, 1.54) is 0 Å². The monoisotopic (exact) mass is 250 g/mol. The predicted octanol–water partition coefficient (Wildman–Crippen LogP) is -1.19. The minimum absolute atomic E-state index is 0.239. The SMILES string of the molecule is O=C1N=c2ccc([N+](=O)[O-])c([N+](=O)[O-])c2=NC1=O. The number of carbonyl (C=O) groups excluding carboxylic acids is 2. The van der Waals surface area contributed by atoms with E-state index < -0.39 is 38.4 Å². The summed E-state index contributed by atoms with van der Waals surface area (Å²) in [6.45, 7) is 0. The number of benzene rings is 1. The molecule has 10 heteroatoms. The Hall–Kier alpha value is -3.04. The molecule has 10 nitrogen and oxygen atoms in total. The molecule has 2 amide bonds. The lowest BCUT2D eigenvalue weighted by Crippen LogP contribution is -2.36. The number of hydrogen-bond acceptors (Lipinski definition) is 6. The Bertz CT molecular complexity index is 737. The normalized spacial score (nSPS) is 13.3. The van der Waals surface area contributed by atoms with Gasteiger partial charge in [0.1, 0.15) is 5.36 Å². The molecule has 0 fully saturated rings. The lowest BCUT2D eigenvalue weighted by atomic mass is 10.2. The first kappa shape index (κ1) is 11.4. The van der Waals surface area contributed by atoms with E-state index in [9.17, 15) is 29.8 Å². The van der Waals surface area contributed by atoms with Crippen LogP contribution in [0.15, 0.2) is 22.1 Å². The number of amides is 2. The van der Waals surface area contributed by atoms with Crippen molar-refractivity contribution in [2.75, 3.05) is 0 Å². The molecule has 0 unspecified atom stereocenters. The van der Waals surface area contributed by atoms with Crippen molar-refractivity contribution >= 4 is 23.2 Å². The van der Waals surface area contributed by atoms with Gasteiger partial charge in [0, 0.05) is 6.07 Å². The van der Waals surface area contributed by atoms with E-state index >= 15 is 0 Å². The second-order valence-corrected chi connectivity index (χ2v) is 3.15. The van der Waals surface area contributed by atoms with Crippen molar-refractivity contribution in [3.05, 3.63) is 43.1 Å². The maximum Gasteiger partial charge on any atom is 0.373 e. The Morgan fingerprint density at radius 2 is 1.56 bits per heavy atom. The largest absolute Gasteiger partial charge is 0.373 e. The molecule has 0 N–H and O–H groups in total. The number of hydrogen-bond donors (Lipinski definition) is 0. The van der Waals surface area contributed by atoms with Gasteiger partial charge in [0.2, 0.25) is 0 Å². The number of carbonyl (C=O) groups is 2. The molecule has 1 aromatic rings. The van der Waals surface area contributed by atoms with Crippen LogP contribution in [-0.4, -0.2) is 21.7 Å². The summed E-state index contributed by atoms with van der Waals surface area (Å²) in [5, 5.41) is 20.6. The van der Waals surface area contributed by atoms with Crippen molar-refractivity contribution in [3.63, 3.8) is 0 Å². The highest BCUT2D eigenvalue weighted by molar-refractivity contribution is 6.36. The first-order valence-corrected chi connectivity index (χ1v) is 4.39. The van der Waals surface area contributed by atoms with Gasteiger partial charge < -0.3 is 0 Å². The molecule has 0 aromatic heterocycles. The number of rotatable bonds is 2. The quantitative estimate of drug-likeness (QED) is 0.366. The molecule has 2 rings (SSSR count). The Morgan fingerprint density at radius 3 is 2.11 bits per heavy atom. The molecule has 0 spiro atoms. The van der Waals surface area contributed by atoms with Crippen LogP contribution in [0.25, 0.3) is 0 Å². The predicted molar refractivity (Wildman–Crippen MR) is 52.1 cm³/mol. The summed E-state index contributed by atoms with van der Waals surface area (Å²) in [5.74, 6) is -2.48. The van der Waals surface area contributed by atoms with Crippen LogP contribution in [0.3, 0.4) is 0 Å². The molecular weight excluding hydrogens is 248 g/mol. The van der Waals surface area contributed by atoms with Gasteiger partial charge in [0.05, 0.1) is 9.85 Å². The summed E-state index contributed by atoms with van der Waals surface area (Å²) in [5.41, 5.74) is -1.78. The molecular formula is C8H2N4O6. The van der Waals surface area contributed by atoms with E-state index in [0.29, 0.717) is 0 Å². The molecule has 1 aliphatic rings. The van der Waals surface area contributed by atoms with Gasteiger partial charge in [-0.05, 0) is 6.07 Å². The molecule has 90 valence electrons. The van der Waals surface area contributed by atoms with Crippen LogP contribution in [0.2, 0.25) is 0 Å². The van der Waals surface area contributed by atoms with Gasteiger partial charge in [-0.15, -0.1) is 0 Å². The minimum Gasteiger partial charge on any atom is -0.261 e. The van der Waals surface area contributed by atoms with E-state index in [1.54, 1.807) is 0 Å². The van der Waals surface area contributed by atoms with Crippen molar-refractivity contribution in [1.82, 2.24) is 0 Å². The van der Waals surface area contributed by atoms with Crippen LogP contribution < -0.4 is 10.7 Å². The zero-order chi connectivity index (χ0) is 13.4. The number of nitrogens with zero attached hydrogens (tertiary/aromatic N) is 4. The van der Waals surface area contributed by atoms with Crippen LogP contribution in [-0.2, 0) is 9.59 Å². The highest BCUT2D eigenvalue weighted by Gasteiger charge is 2.30. The van der Waals surface area contributed by atoms with E-state index in [0.717, 1.165) is 12.1 Å². The standard InChI is InChI=1S/C8H2N4O6/c13-7-8(14)10-5-3(9-7)1-2-4(11(15)16)6(5)12(17)18/h1-2H. The second-order valence-electron chi connectivity index (χ2n) is 3.15. The zero-order valence-corrected chi connectivity index (χ0v) is 8.39. The van der Waals surface area contributed by atoms with Crippen molar-refractivity contribution in [1.29, 1.82) is 0 Å². The molecule has 18 heavy (non-hydrogen) atoms. The van der Waals surface area contributed by atoms with Gasteiger partial charge in [-0.1, -0.05) is 0 Å². The van der Waals surface area contributed by atoms with E-state index in [1.807, 2.05) is 0 Å². The molecule has 0 aliphatic carbocycles. The Kier molecular flexibility index (Phi) is 2.39. The minimum atomic E-state index is -1.30. The Morgan fingerprint density at radius 1 is 0.944 bits per heavy atom. The molecule has 0 saturated carbocycles. The van der Waals surface area contributed by atoms with Crippen LogP contribution in [0.4, 0.5) is 11.4 Å². The first-order chi connectivity index (χ1) is 8.41. The summed E-state index contributed by atoms with van der Waals surface area (Å²) in [4.78, 5) is 47.8. The summed E-state index contributed by atoms with van der Waals surface area (Å²) in [6, 6.07) is 1.85. The number of nitro benzene ring substituents is 2. The lowest BCUT2D eigenvalue weighted by Gasteiger charge is -1.99. The smallest absolute Gasteiger partial charge is 0.261 e. The Balaban J connectivity index is 2.97. The average Bonchev–Trinajstić information content (AvgIpc) is 2.28. The molecule has 1 aromatic carbocycles.